The molecule has 0 aliphatic heterocycles. The van der Waals surface area contributed by atoms with E-state index in [1.807, 2.05) is 0 Å². The monoisotopic (exact) mass is 328 g/mol. The molecular weight excluding hydrogens is 295 g/mol. The fourth-order valence-corrected chi connectivity index (χ4v) is 2.18. The summed E-state index contributed by atoms with van der Waals surface area (Å²) >= 11 is 0. The van der Waals surface area contributed by atoms with E-state index in [1.165, 1.54) is 25.7 Å². The molecule has 0 N–H and O–H groups in total. The van der Waals surface area contributed by atoms with Gasteiger partial charge in [-0.05, 0) is 51.4 Å². The largest absolute Gasteiger partial charge is 1.00 e. The average molecular weight is 328 g/mol. The third-order valence-corrected chi connectivity index (χ3v) is 3.52. The molecule has 2 nitrogen and oxygen atoms in total. The Kier molecular flexibility index (Phi) is 23.5. The summed E-state index contributed by atoms with van der Waals surface area (Å²) in [5.74, 6) is -0.928. The fourth-order valence-electron chi connectivity index (χ4n) is 2.18. The number of carboxylic acid groups (broad SMARTS) is 1. The minimum Gasteiger partial charge on any atom is -0.550 e. The summed E-state index contributed by atoms with van der Waals surface area (Å²) in [4.78, 5) is 10.2. The summed E-state index contributed by atoms with van der Waals surface area (Å²) in [7, 11) is 0. The van der Waals surface area contributed by atoms with Crippen molar-refractivity contribution in [2.45, 2.75) is 84.0 Å². The van der Waals surface area contributed by atoms with E-state index in [4.69, 9.17) is 0 Å². The van der Waals surface area contributed by atoms with E-state index in [1.54, 1.807) is 0 Å². The number of carbonyl (C=O) groups excluding carboxylic acids is 1. The predicted molar refractivity (Wildman–Crippen MR) is 93.5 cm³/mol. The quantitative estimate of drug-likeness (QED) is 0.262. The summed E-state index contributed by atoms with van der Waals surface area (Å²) in [6.45, 7) is 2.23. The van der Waals surface area contributed by atoms with E-state index < -0.39 is 5.97 Å². The molecule has 0 unspecified atom stereocenters. The van der Waals surface area contributed by atoms with Crippen LogP contribution in [-0.2, 0) is 4.79 Å². The molecule has 3 heteroatoms. The van der Waals surface area contributed by atoms with E-state index >= 15 is 0 Å². The van der Waals surface area contributed by atoms with Crippen LogP contribution < -0.4 is 34.7 Å². The Morgan fingerprint density at radius 2 is 1.22 bits per heavy atom. The first-order valence-electron chi connectivity index (χ1n) is 8.92. The van der Waals surface area contributed by atoms with Gasteiger partial charge < -0.3 is 9.90 Å². The van der Waals surface area contributed by atoms with Gasteiger partial charge in [0.25, 0.3) is 0 Å². The van der Waals surface area contributed by atoms with E-state index in [2.05, 4.69) is 43.4 Å². The summed E-state index contributed by atoms with van der Waals surface area (Å²) < 4.78 is 0. The zero-order chi connectivity index (χ0) is 16.3. The van der Waals surface area contributed by atoms with E-state index in [9.17, 15) is 9.90 Å². The molecule has 0 heterocycles. The van der Waals surface area contributed by atoms with Gasteiger partial charge in [0, 0.05) is 5.97 Å². The molecule has 0 aliphatic rings. The second kappa shape index (κ2) is 21.7. The van der Waals surface area contributed by atoms with Crippen LogP contribution in [0.25, 0.3) is 0 Å². The Labute approximate surface area is 165 Å². The molecule has 0 amide bonds. The smallest absolute Gasteiger partial charge is 0.550 e. The van der Waals surface area contributed by atoms with Crippen LogP contribution in [0.5, 0.6) is 0 Å². The normalized spacial score (nSPS) is 11.5. The van der Waals surface area contributed by atoms with Crippen LogP contribution in [0.4, 0.5) is 0 Å². The first kappa shape index (κ1) is 24.9. The molecule has 126 valence electrons. The van der Waals surface area contributed by atoms with E-state index in [0.717, 1.165) is 44.9 Å². The second-order valence-electron chi connectivity index (χ2n) is 5.71. The summed E-state index contributed by atoms with van der Waals surface area (Å²) in [5.41, 5.74) is 0. The zero-order valence-corrected chi connectivity index (χ0v) is 17.3. The minimum absolute atomic E-state index is 0. The molecule has 0 aromatic carbocycles. The van der Waals surface area contributed by atoms with Crippen molar-refractivity contribution in [3.63, 3.8) is 0 Å². The Morgan fingerprint density at radius 3 is 1.74 bits per heavy atom. The number of rotatable bonds is 15. The first-order chi connectivity index (χ1) is 10.8. The molecular formula is C20H33NaO2. The Morgan fingerprint density at radius 1 is 0.739 bits per heavy atom. The van der Waals surface area contributed by atoms with Crippen LogP contribution in [0.15, 0.2) is 36.5 Å². The van der Waals surface area contributed by atoms with E-state index in [0.29, 0.717) is 0 Å². The maximum atomic E-state index is 10.2. The van der Waals surface area contributed by atoms with Crippen molar-refractivity contribution in [3.05, 3.63) is 36.5 Å². The SMILES string of the molecule is CCCCC/C=C/C/C=C/C/C=C/CCCCCCC(=O)[O-].[Na+]. The van der Waals surface area contributed by atoms with Crippen molar-refractivity contribution in [1.29, 1.82) is 0 Å². The van der Waals surface area contributed by atoms with E-state index in [-0.39, 0.29) is 36.0 Å². The number of aliphatic carboxylic acids is 1. The summed E-state index contributed by atoms with van der Waals surface area (Å²) in [6, 6.07) is 0. The van der Waals surface area contributed by atoms with Crippen molar-refractivity contribution in [1.82, 2.24) is 0 Å². The van der Waals surface area contributed by atoms with Crippen molar-refractivity contribution in [2.24, 2.45) is 0 Å². The fraction of sp³-hybridized carbons (Fsp3) is 0.650. The van der Waals surface area contributed by atoms with Gasteiger partial charge in [-0.25, -0.2) is 0 Å². The predicted octanol–water partition coefficient (Wildman–Crippen LogP) is 2.11. The summed E-state index contributed by atoms with van der Waals surface area (Å²) in [5, 5.41) is 10.2. The molecule has 23 heavy (non-hydrogen) atoms. The molecule has 0 saturated heterocycles. The maximum Gasteiger partial charge on any atom is 1.00 e. The van der Waals surface area contributed by atoms with Crippen molar-refractivity contribution >= 4 is 5.97 Å². The van der Waals surface area contributed by atoms with Gasteiger partial charge in [-0.1, -0.05) is 69.1 Å². The molecule has 0 atom stereocenters. The van der Waals surface area contributed by atoms with Crippen molar-refractivity contribution in [3.8, 4) is 0 Å². The van der Waals surface area contributed by atoms with Crippen molar-refractivity contribution in [2.75, 3.05) is 0 Å². The molecule has 0 saturated carbocycles. The van der Waals surface area contributed by atoms with Crippen LogP contribution in [0.2, 0.25) is 0 Å². The van der Waals surface area contributed by atoms with Crippen LogP contribution in [0.1, 0.15) is 84.0 Å². The van der Waals surface area contributed by atoms with Gasteiger partial charge in [-0.15, -0.1) is 0 Å². The van der Waals surface area contributed by atoms with Crippen LogP contribution in [0.3, 0.4) is 0 Å². The average Bonchev–Trinajstić information content (AvgIpc) is 2.50. The Hall–Kier alpha value is -0.310. The molecule has 0 aromatic heterocycles. The number of carboxylic acids is 1. The minimum atomic E-state index is -0.928. The topological polar surface area (TPSA) is 40.1 Å². The number of unbranched alkanes of at least 4 members (excludes halogenated alkanes) is 7. The van der Waals surface area contributed by atoms with Gasteiger partial charge in [0.05, 0.1) is 0 Å². The molecule has 0 radical (unpaired) electrons. The molecule has 0 aromatic rings. The van der Waals surface area contributed by atoms with Gasteiger partial charge in [-0.3, -0.25) is 0 Å². The van der Waals surface area contributed by atoms with Crippen molar-refractivity contribution < 1.29 is 39.5 Å². The standard InChI is InChI=1S/C20H34O2.Na/c1-2-3-4-5-6-7-8-9-10-11-12-13-14-15-16-17-18-19-20(21)22;/h6-7,9-10,12-13H,2-5,8,11,14-19H2,1H3,(H,21,22);/q;+1/p-1/b7-6+,10-9+,13-12+;. The Balaban J connectivity index is 0. The van der Waals surface area contributed by atoms with Gasteiger partial charge in [0.15, 0.2) is 0 Å². The summed E-state index contributed by atoms with van der Waals surface area (Å²) in [6.07, 6.45) is 25.9. The van der Waals surface area contributed by atoms with Gasteiger partial charge in [0.1, 0.15) is 0 Å². The zero-order valence-electron chi connectivity index (χ0n) is 15.3. The number of hydrogen-bond donors (Lipinski definition) is 0. The third-order valence-electron chi connectivity index (χ3n) is 3.52. The van der Waals surface area contributed by atoms with Crippen LogP contribution in [0, 0.1) is 0 Å². The number of carbonyl (C=O) groups is 1. The Bertz CT molecular complexity index is 333. The molecule has 0 aliphatic carbocycles. The number of hydrogen-bond acceptors (Lipinski definition) is 2. The molecule has 0 bridgehead atoms. The third kappa shape index (κ3) is 24.1. The molecule has 0 spiro atoms. The molecule has 0 rings (SSSR count). The molecule has 0 fully saturated rings. The van der Waals surface area contributed by atoms with Gasteiger partial charge >= 0.3 is 29.6 Å². The van der Waals surface area contributed by atoms with Crippen LogP contribution in [-0.4, -0.2) is 5.97 Å². The second-order valence-corrected chi connectivity index (χ2v) is 5.71. The number of allylic oxidation sites excluding steroid dienone is 6. The van der Waals surface area contributed by atoms with Crippen LogP contribution >= 0.6 is 0 Å². The first-order valence-corrected chi connectivity index (χ1v) is 8.92. The van der Waals surface area contributed by atoms with Gasteiger partial charge in [-0.2, -0.15) is 0 Å². The maximum absolute atomic E-state index is 10.2. The van der Waals surface area contributed by atoms with Gasteiger partial charge in [0.2, 0.25) is 0 Å².